The van der Waals surface area contributed by atoms with Gasteiger partial charge in [-0.1, -0.05) is 19.1 Å². The lowest BCUT2D eigenvalue weighted by Gasteiger charge is -2.06. The highest BCUT2D eigenvalue weighted by Gasteiger charge is 2.02. The highest BCUT2D eigenvalue weighted by atomic mass is 15.4. The van der Waals surface area contributed by atoms with Crippen molar-refractivity contribution >= 4 is 0 Å². The standard InChI is InChI=1S/C6H15N3/c1-5(2)6(3)8-9-7-4/h5-6H,1-4H3,(H,7,8)/t6-/m0/s1. The summed E-state index contributed by atoms with van der Waals surface area (Å²) >= 11 is 0. The number of hydrogen-bond donors (Lipinski definition) is 1. The zero-order valence-corrected chi connectivity index (χ0v) is 6.55. The summed E-state index contributed by atoms with van der Waals surface area (Å²) in [7, 11) is 1.75. The molecule has 0 aliphatic carbocycles. The van der Waals surface area contributed by atoms with Crippen molar-refractivity contribution in [3.63, 3.8) is 0 Å². The third-order valence-electron chi connectivity index (χ3n) is 1.30. The summed E-state index contributed by atoms with van der Waals surface area (Å²) in [4.78, 5) is 0. The molecule has 1 atom stereocenters. The van der Waals surface area contributed by atoms with Gasteiger partial charge in [-0.2, -0.15) is 5.11 Å². The molecule has 0 aromatic rings. The average molecular weight is 129 g/mol. The normalized spacial score (nSPS) is 14.8. The molecule has 0 amide bonds. The minimum Gasteiger partial charge on any atom is -0.295 e. The van der Waals surface area contributed by atoms with Gasteiger partial charge < -0.3 is 0 Å². The van der Waals surface area contributed by atoms with E-state index in [1.807, 2.05) is 6.92 Å². The van der Waals surface area contributed by atoms with Crippen LogP contribution in [0.2, 0.25) is 0 Å². The molecular weight excluding hydrogens is 114 g/mol. The van der Waals surface area contributed by atoms with Gasteiger partial charge in [-0.05, 0) is 12.8 Å². The molecule has 1 N–H and O–H groups in total. The lowest BCUT2D eigenvalue weighted by molar-refractivity contribution is 0.497. The molecule has 0 unspecified atom stereocenters. The van der Waals surface area contributed by atoms with Gasteiger partial charge >= 0.3 is 0 Å². The van der Waals surface area contributed by atoms with Crippen LogP contribution in [-0.2, 0) is 0 Å². The molecular formula is C6H15N3. The molecule has 0 aliphatic heterocycles. The van der Waals surface area contributed by atoms with Crippen LogP contribution < -0.4 is 5.43 Å². The van der Waals surface area contributed by atoms with Gasteiger partial charge in [-0.3, -0.25) is 5.43 Å². The largest absolute Gasteiger partial charge is 0.295 e. The Labute approximate surface area is 56.5 Å². The van der Waals surface area contributed by atoms with Gasteiger partial charge in [0, 0.05) is 7.05 Å². The zero-order chi connectivity index (χ0) is 7.28. The van der Waals surface area contributed by atoms with Crippen molar-refractivity contribution in [3.05, 3.63) is 0 Å². The number of nitrogens with one attached hydrogen (secondary N) is 1. The summed E-state index contributed by atoms with van der Waals surface area (Å²) in [6, 6.07) is 0.317. The molecule has 3 nitrogen and oxygen atoms in total. The summed E-state index contributed by atoms with van der Waals surface area (Å²) in [5.74, 6) is 0.571. The molecule has 0 saturated carbocycles. The van der Waals surface area contributed by atoms with E-state index in [4.69, 9.17) is 0 Å². The summed E-state index contributed by atoms with van der Waals surface area (Å²) in [6.07, 6.45) is 0. The molecule has 0 bridgehead atoms. The van der Waals surface area contributed by atoms with Gasteiger partial charge in [0.25, 0.3) is 0 Å². The van der Waals surface area contributed by atoms with Gasteiger partial charge in [0.1, 0.15) is 0 Å². The first kappa shape index (κ1) is 8.40. The monoisotopic (exact) mass is 129 g/mol. The van der Waals surface area contributed by atoms with E-state index in [9.17, 15) is 0 Å². The molecule has 9 heavy (non-hydrogen) atoms. The Morgan fingerprint density at radius 3 is 2.11 bits per heavy atom. The van der Waals surface area contributed by atoms with Crippen molar-refractivity contribution in [1.82, 2.24) is 5.43 Å². The average Bonchev–Trinajstić information content (AvgIpc) is 1.82. The molecule has 0 radical (unpaired) electrons. The second kappa shape index (κ2) is 4.30. The number of nitrogens with zero attached hydrogens (tertiary/aromatic N) is 2. The Kier molecular flexibility index (Phi) is 4.01. The van der Waals surface area contributed by atoms with E-state index in [0.29, 0.717) is 12.0 Å². The van der Waals surface area contributed by atoms with E-state index in [1.54, 1.807) is 7.05 Å². The van der Waals surface area contributed by atoms with E-state index >= 15 is 0 Å². The summed E-state index contributed by atoms with van der Waals surface area (Å²) in [5, 5.41) is 7.62. The predicted molar refractivity (Wildman–Crippen MR) is 38.2 cm³/mol. The zero-order valence-electron chi connectivity index (χ0n) is 6.55. The maximum Gasteiger partial charge on any atom is 0.0724 e. The SMILES string of the molecule is CN/N=N\[C@@H](C)C(C)C. The minimum absolute atomic E-state index is 0.317. The van der Waals surface area contributed by atoms with Crippen LogP contribution in [0.5, 0.6) is 0 Å². The summed E-state index contributed by atoms with van der Waals surface area (Å²) in [5.41, 5.74) is 2.61. The van der Waals surface area contributed by atoms with Crippen molar-refractivity contribution in [3.8, 4) is 0 Å². The fourth-order valence-electron chi connectivity index (χ4n) is 0.282. The quantitative estimate of drug-likeness (QED) is 0.456. The fourth-order valence-corrected chi connectivity index (χ4v) is 0.282. The van der Waals surface area contributed by atoms with Crippen molar-refractivity contribution in [1.29, 1.82) is 0 Å². The summed E-state index contributed by atoms with van der Waals surface area (Å²) in [6.45, 7) is 6.30. The Bertz CT molecular complexity index is 88.3. The van der Waals surface area contributed by atoms with E-state index < -0.39 is 0 Å². The topological polar surface area (TPSA) is 36.8 Å². The van der Waals surface area contributed by atoms with Crippen LogP contribution in [0, 0.1) is 5.92 Å². The van der Waals surface area contributed by atoms with Crippen LogP contribution in [0.3, 0.4) is 0 Å². The highest BCUT2D eigenvalue weighted by molar-refractivity contribution is 4.59. The first-order valence-corrected chi connectivity index (χ1v) is 3.25. The third kappa shape index (κ3) is 3.94. The maximum atomic E-state index is 3.96. The van der Waals surface area contributed by atoms with Crippen LogP contribution in [0.4, 0.5) is 0 Å². The molecule has 54 valence electrons. The van der Waals surface area contributed by atoms with Gasteiger partial charge in [0.05, 0.1) is 6.04 Å². The Morgan fingerprint density at radius 1 is 1.22 bits per heavy atom. The van der Waals surface area contributed by atoms with Crippen LogP contribution in [-0.4, -0.2) is 13.1 Å². The van der Waals surface area contributed by atoms with Crippen LogP contribution in [0.15, 0.2) is 10.3 Å². The van der Waals surface area contributed by atoms with E-state index in [0.717, 1.165) is 0 Å². The predicted octanol–water partition coefficient (Wildman–Crippen LogP) is 1.62. The highest BCUT2D eigenvalue weighted by Crippen LogP contribution is 2.03. The number of rotatable bonds is 3. The molecule has 3 heteroatoms. The number of hydrogen-bond acceptors (Lipinski definition) is 2. The van der Waals surface area contributed by atoms with Crippen LogP contribution in [0.1, 0.15) is 20.8 Å². The minimum atomic E-state index is 0.317. The van der Waals surface area contributed by atoms with Crippen LogP contribution in [0.25, 0.3) is 0 Å². The third-order valence-corrected chi connectivity index (χ3v) is 1.30. The van der Waals surface area contributed by atoms with Crippen LogP contribution >= 0.6 is 0 Å². The van der Waals surface area contributed by atoms with E-state index in [2.05, 4.69) is 29.6 Å². The Balaban J connectivity index is 3.48. The fraction of sp³-hybridized carbons (Fsp3) is 1.00. The molecule has 0 rings (SSSR count). The molecule has 0 saturated heterocycles. The van der Waals surface area contributed by atoms with Gasteiger partial charge in [0.15, 0.2) is 0 Å². The van der Waals surface area contributed by atoms with E-state index in [-0.39, 0.29) is 0 Å². The molecule has 0 spiro atoms. The first-order chi connectivity index (χ1) is 4.18. The molecule has 0 aliphatic rings. The molecule has 0 heterocycles. The molecule has 0 aromatic carbocycles. The van der Waals surface area contributed by atoms with Gasteiger partial charge in [-0.15, -0.1) is 0 Å². The van der Waals surface area contributed by atoms with Gasteiger partial charge in [-0.25, -0.2) is 0 Å². The second-order valence-corrected chi connectivity index (χ2v) is 2.42. The van der Waals surface area contributed by atoms with Crippen molar-refractivity contribution < 1.29 is 0 Å². The van der Waals surface area contributed by atoms with Crippen molar-refractivity contribution in [2.75, 3.05) is 7.05 Å². The second-order valence-electron chi connectivity index (χ2n) is 2.42. The molecule has 0 fully saturated rings. The maximum absolute atomic E-state index is 3.96. The van der Waals surface area contributed by atoms with Crippen molar-refractivity contribution in [2.24, 2.45) is 16.3 Å². The summed E-state index contributed by atoms with van der Waals surface area (Å²) < 4.78 is 0. The Hall–Kier alpha value is -0.600. The lowest BCUT2D eigenvalue weighted by Crippen LogP contribution is -2.07. The first-order valence-electron chi connectivity index (χ1n) is 3.25. The van der Waals surface area contributed by atoms with Gasteiger partial charge in [0.2, 0.25) is 0 Å². The molecule has 0 aromatic heterocycles. The smallest absolute Gasteiger partial charge is 0.0724 e. The van der Waals surface area contributed by atoms with Crippen molar-refractivity contribution in [2.45, 2.75) is 26.8 Å². The lowest BCUT2D eigenvalue weighted by atomic mass is 10.1. The Morgan fingerprint density at radius 2 is 1.78 bits per heavy atom. The van der Waals surface area contributed by atoms with E-state index in [1.165, 1.54) is 0 Å².